The molecule has 6 heteroatoms. The molecule has 2 aromatic heterocycles. The summed E-state index contributed by atoms with van der Waals surface area (Å²) in [4.78, 5) is 11.0. The highest BCUT2D eigenvalue weighted by Gasteiger charge is 2.10. The summed E-state index contributed by atoms with van der Waals surface area (Å²) in [5.74, 6) is 1.30. The fourth-order valence-electron chi connectivity index (χ4n) is 1.78. The standard InChI is InChI=1S/C14H20N4OS/c1-9(2)19-14-12(15)5-6-13(17-14)18(4)7-11-8-20-10(3)16-11/h5-6,8-9H,7,15H2,1-4H3. The minimum absolute atomic E-state index is 0.0477. The van der Waals surface area contributed by atoms with Crippen LogP contribution in [-0.2, 0) is 6.54 Å². The Morgan fingerprint density at radius 1 is 1.35 bits per heavy atom. The maximum atomic E-state index is 5.88. The van der Waals surface area contributed by atoms with Gasteiger partial charge in [-0.05, 0) is 32.9 Å². The highest BCUT2D eigenvalue weighted by molar-refractivity contribution is 7.09. The Morgan fingerprint density at radius 2 is 2.10 bits per heavy atom. The molecule has 0 saturated carbocycles. The average Bonchev–Trinajstić information content (AvgIpc) is 2.77. The molecule has 0 fully saturated rings. The number of hydrogen-bond acceptors (Lipinski definition) is 6. The van der Waals surface area contributed by atoms with Gasteiger partial charge in [-0.1, -0.05) is 0 Å². The molecule has 0 amide bonds. The summed E-state index contributed by atoms with van der Waals surface area (Å²) >= 11 is 1.65. The molecular weight excluding hydrogens is 272 g/mol. The molecule has 2 aromatic rings. The van der Waals surface area contributed by atoms with Crippen LogP contribution in [0.25, 0.3) is 0 Å². The fourth-order valence-corrected chi connectivity index (χ4v) is 2.38. The number of nitrogens with zero attached hydrogens (tertiary/aromatic N) is 3. The summed E-state index contributed by atoms with van der Waals surface area (Å²) in [5, 5.41) is 3.14. The second-order valence-corrected chi connectivity index (χ2v) is 6.01. The van der Waals surface area contributed by atoms with Gasteiger partial charge in [-0.25, -0.2) is 4.98 Å². The molecule has 0 aliphatic heterocycles. The number of aromatic nitrogens is 2. The lowest BCUT2D eigenvalue weighted by Gasteiger charge is -2.19. The first-order valence-corrected chi connectivity index (χ1v) is 7.39. The Morgan fingerprint density at radius 3 is 2.70 bits per heavy atom. The van der Waals surface area contributed by atoms with E-state index in [0.717, 1.165) is 16.5 Å². The third kappa shape index (κ3) is 3.60. The second-order valence-electron chi connectivity index (χ2n) is 4.94. The van der Waals surface area contributed by atoms with Crippen molar-refractivity contribution in [2.24, 2.45) is 0 Å². The summed E-state index contributed by atoms with van der Waals surface area (Å²) in [5.41, 5.74) is 7.47. The van der Waals surface area contributed by atoms with E-state index in [1.807, 2.05) is 44.9 Å². The highest BCUT2D eigenvalue weighted by atomic mass is 32.1. The Labute approximate surface area is 123 Å². The van der Waals surface area contributed by atoms with E-state index in [9.17, 15) is 0 Å². The van der Waals surface area contributed by atoms with Gasteiger partial charge in [0.1, 0.15) is 5.82 Å². The Kier molecular flexibility index (Phi) is 4.44. The molecule has 20 heavy (non-hydrogen) atoms. The van der Waals surface area contributed by atoms with Gasteiger partial charge in [0.05, 0.1) is 29.0 Å². The Balaban J connectivity index is 2.15. The van der Waals surface area contributed by atoms with Crippen LogP contribution in [0.3, 0.4) is 0 Å². The minimum Gasteiger partial charge on any atom is -0.473 e. The first kappa shape index (κ1) is 14.6. The van der Waals surface area contributed by atoms with Gasteiger partial charge in [-0.15, -0.1) is 11.3 Å². The first-order chi connectivity index (χ1) is 9.45. The summed E-state index contributed by atoms with van der Waals surface area (Å²) in [7, 11) is 1.98. The maximum absolute atomic E-state index is 5.88. The van der Waals surface area contributed by atoms with E-state index >= 15 is 0 Å². The van der Waals surface area contributed by atoms with Gasteiger partial charge in [-0.2, -0.15) is 4.98 Å². The van der Waals surface area contributed by atoms with Crippen molar-refractivity contribution in [3.05, 3.63) is 28.2 Å². The van der Waals surface area contributed by atoms with Gasteiger partial charge in [0, 0.05) is 12.4 Å². The van der Waals surface area contributed by atoms with E-state index < -0.39 is 0 Å². The predicted octanol–water partition coefficient (Wildman–Crippen LogP) is 2.85. The van der Waals surface area contributed by atoms with E-state index in [1.165, 1.54) is 0 Å². The van der Waals surface area contributed by atoms with Crippen molar-refractivity contribution >= 4 is 22.8 Å². The van der Waals surface area contributed by atoms with Gasteiger partial charge in [0.25, 0.3) is 0 Å². The number of aryl methyl sites for hydroxylation is 1. The molecule has 0 saturated heterocycles. The second kappa shape index (κ2) is 6.09. The van der Waals surface area contributed by atoms with Crippen molar-refractivity contribution in [1.29, 1.82) is 0 Å². The van der Waals surface area contributed by atoms with Gasteiger partial charge < -0.3 is 15.4 Å². The zero-order valence-electron chi connectivity index (χ0n) is 12.3. The zero-order chi connectivity index (χ0) is 14.7. The van der Waals surface area contributed by atoms with Crippen molar-refractivity contribution in [1.82, 2.24) is 9.97 Å². The minimum atomic E-state index is 0.0477. The van der Waals surface area contributed by atoms with Crippen LogP contribution >= 0.6 is 11.3 Å². The molecule has 0 aliphatic rings. The molecule has 108 valence electrons. The number of anilines is 2. The van der Waals surface area contributed by atoms with Crippen LogP contribution in [0.1, 0.15) is 24.5 Å². The third-order valence-electron chi connectivity index (χ3n) is 2.68. The lowest BCUT2D eigenvalue weighted by Crippen LogP contribution is -2.19. The molecule has 0 atom stereocenters. The molecule has 0 unspecified atom stereocenters. The summed E-state index contributed by atoms with van der Waals surface area (Å²) in [6.45, 7) is 6.62. The number of thiazole rings is 1. The zero-order valence-corrected chi connectivity index (χ0v) is 13.1. The van der Waals surface area contributed by atoms with Gasteiger partial charge in [0.2, 0.25) is 5.88 Å². The normalized spacial score (nSPS) is 10.8. The van der Waals surface area contributed by atoms with Crippen molar-refractivity contribution in [2.45, 2.75) is 33.4 Å². The molecule has 0 radical (unpaired) electrons. The fraction of sp³-hybridized carbons (Fsp3) is 0.429. The van der Waals surface area contributed by atoms with Crippen LogP contribution in [0, 0.1) is 6.92 Å². The quantitative estimate of drug-likeness (QED) is 0.918. The lowest BCUT2D eigenvalue weighted by molar-refractivity contribution is 0.234. The molecule has 0 bridgehead atoms. The molecule has 0 aliphatic carbocycles. The van der Waals surface area contributed by atoms with Gasteiger partial charge in [0.15, 0.2) is 0 Å². The van der Waals surface area contributed by atoms with E-state index in [2.05, 4.69) is 15.3 Å². The maximum Gasteiger partial charge on any atom is 0.239 e. The number of hydrogen-bond donors (Lipinski definition) is 1. The molecule has 2 rings (SSSR count). The smallest absolute Gasteiger partial charge is 0.239 e. The van der Waals surface area contributed by atoms with Crippen molar-refractivity contribution < 1.29 is 4.74 Å². The predicted molar refractivity (Wildman–Crippen MR) is 83.4 cm³/mol. The largest absolute Gasteiger partial charge is 0.473 e. The van der Waals surface area contributed by atoms with Crippen LogP contribution in [0.2, 0.25) is 0 Å². The molecular formula is C14H20N4OS. The SMILES string of the molecule is Cc1nc(CN(C)c2ccc(N)c(OC(C)C)n2)cs1. The molecule has 5 nitrogen and oxygen atoms in total. The van der Waals surface area contributed by atoms with Crippen LogP contribution in [0.4, 0.5) is 11.5 Å². The topological polar surface area (TPSA) is 64.3 Å². The number of nitrogens with two attached hydrogens (primary N) is 1. The Hall–Kier alpha value is -1.82. The van der Waals surface area contributed by atoms with Crippen molar-refractivity contribution in [2.75, 3.05) is 17.7 Å². The van der Waals surface area contributed by atoms with Gasteiger partial charge >= 0.3 is 0 Å². The first-order valence-electron chi connectivity index (χ1n) is 6.51. The molecule has 0 spiro atoms. The Bertz CT molecular complexity index is 582. The summed E-state index contributed by atoms with van der Waals surface area (Å²) < 4.78 is 5.61. The van der Waals surface area contributed by atoms with E-state index in [0.29, 0.717) is 18.1 Å². The summed E-state index contributed by atoms with van der Waals surface area (Å²) in [6.07, 6.45) is 0.0477. The monoisotopic (exact) mass is 292 g/mol. The van der Waals surface area contributed by atoms with Crippen molar-refractivity contribution in [3.63, 3.8) is 0 Å². The van der Waals surface area contributed by atoms with Crippen LogP contribution < -0.4 is 15.4 Å². The third-order valence-corrected chi connectivity index (χ3v) is 3.50. The van der Waals surface area contributed by atoms with Crippen molar-refractivity contribution in [3.8, 4) is 5.88 Å². The molecule has 2 N–H and O–H groups in total. The average molecular weight is 292 g/mol. The molecule has 0 aromatic carbocycles. The van der Waals surface area contributed by atoms with Crippen LogP contribution in [-0.4, -0.2) is 23.1 Å². The lowest BCUT2D eigenvalue weighted by atomic mass is 10.3. The van der Waals surface area contributed by atoms with E-state index in [-0.39, 0.29) is 6.10 Å². The number of ether oxygens (including phenoxy) is 1. The van der Waals surface area contributed by atoms with Gasteiger partial charge in [-0.3, -0.25) is 0 Å². The van der Waals surface area contributed by atoms with Crippen LogP contribution in [0.15, 0.2) is 17.5 Å². The summed E-state index contributed by atoms with van der Waals surface area (Å²) in [6, 6.07) is 3.71. The van der Waals surface area contributed by atoms with Crippen LogP contribution in [0.5, 0.6) is 5.88 Å². The highest BCUT2D eigenvalue weighted by Crippen LogP contribution is 2.24. The number of pyridine rings is 1. The van der Waals surface area contributed by atoms with E-state index in [4.69, 9.17) is 10.5 Å². The number of nitrogen functional groups attached to an aromatic ring is 1. The van der Waals surface area contributed by atoms with E-state index in [1.54, 1.807) is 11.3 Å². The number of rotatable bonds is 5. The molecule has 2 heterocycles.